The molecular formula is C12H18N2O4. The van der Waals surface area contributed by atoms with Gasteiger partial charge >= 0.3 is 5.97 Å². The second-order valence-corrected chi connectivity index (χ2v) is 3.70. The van der Waals surface area contributed by atoms with E-state index >= 15 is 0 Å². The molecule has 6 heteroatoms. The second-order valence-electron chi connectivity index (χ2n) is 3.70. The van der Waals surface area contributed by atoms with Crippen molar-refractivity contribution in [2.45, 2.75) is 12.6 Å². The number of aliphatic carboxylic acids is 1. The summed E-state index contributed by atoms with van der Waals surface area (Å²) in [5, 5.41) is 11.7. The first-order valence-corrected chi connectivity index (χ1v) is 5.49. The Morgan fingerprint density at radius 2 is 2.06 bits per heavy atom. The van der Waals surface area contributed by atoms with Gasteiger partial charge in [0.1, 0.15) is 6.04 Å². The maximum absolute atomic E-state index is 10.8. The van der Waals surface area contributed by atoms with Gasteiger partial charge in [0.25, 0.3) is 0 Å². The fraction of sp³-hybridized carbons (Fsp3) is 0.417. The van der Waals surface area contributed by atoms with Crippen molar-refractivity contribution in [3.8, 4) is 11.5 Å². The zero-order chi connectivity index (χ0) is 13.5. The van der Waals surface area contributed by atoms with E-state index in [9.17, 15) is 4.79 Å². The maximum Gasteiger partial charge on any atom is 0.322 e. The summed E-state index contributed by atoms with van der Waals surface area (Å²) in [6, 6.07) is 4.65. The highest BCUT2D eigenvalue weighted by Gasteiger charge is 2.14. The van der Waals surface area contributed by atoms with Crippen molar-refractivity contribution in [3.05, 3.63) is 23.8 Å². The molecule has 4 N–H and O–H groups in total. The molecule has 0 aromatic heterocycles. The standard InChI is InChI=1S/C12H18N2O4/c1-17-10-4-3-8(5-11(10)18-2)7-14-9(6-13)12(15)16/h3-5,9,14H,6-7,13H2,1-2H3,(H,15,16). The minimum Gasteiger partial charge on any atom is -0.493 e. The van der Waals surface area contributed by atoms with Crippen LogP contribution in [0, 0.1) is 0 Å². The molecule has 0 saturated heterocycles. The molecule has 0 amide bonds. The average molecular weight is 254 g/mol. The monoisotopic (exact) mass is 254 g/mol. The minimum absolute atomic E-state index is 0.0443. The van der Waals surface area contributed by atoms with Gasteiger partial charge in [-0.05, 0) is 17.7 Å². The number of hydrogen-bond donors (Lipinski definition) is 3. The van der Waals surface area contributed by atoms with E-state index in [1.807, 2.05) is 6.07 Å². The number of benzene rings is 1. The molecule has 0 radical (unpaired) electrons. The lowest BCUT2D eigenvalue weighted by molar-refractivity contribution is -0.139. The number of ether oxygens (including phenoxy) is 2. The molecule has 1 aromatic carbocycles. The van der Waals surface area contributed by atoms with Gasteiger partial charge in [-0.2, -0.15) is 0 Å². The SMILES string of the molecule is COc1ccc(CNC(CN)C(=O)O)cc1OC. The number of hydrogen-bond acceptors (Lipinski definition) is 5. The van der Waals surface area contributed by atoms with Crippen molar-refractivity contribution in [2.75, 3.05) is 20.8 Å². The molecule has 1 unspecified atom stereocenters. The van der Waals surface area contributed by atoms with E-state index in [4.69, 9.17) is 20.3 Å². The summed E-state index contributed by atoms with van der Waals surface area (Å²) < 4.78 is 10.3. The first kappa shape index (κ1) is 14.3. The van der Waals surface area contributed by atoms with Crippen LogP contribution in [0.2, 0.25) is 0 Å². The van der Waals surface area contributed by atoms with Crippen LogP contribution < -0.4 is 20.5 Å². The molecule has 18 heavy (non-hydrogen) atoms. The number of nitrogens with two attached hydrogens (primary N) is 1. The normalized spacial score (nSPS) is 11.9. The van der Waals surface area contributed by atoms with Gasteiger partial charge in [-0.3, -0.25) is 10.1 Å². The number of methoxy groups -OCH3 is 2. The fourth-order valence-corrected chi connectivity index (χ4v) is 1.50. The van der Waals surface area contributed by atoms with Gasteiger partial charge in [-0.25, -0.2) is 0 Å². The van der Waals surface area contributed by atoms with Crippen molar-refractivity contribution in [1.82, 2.24) is 5.32 Å². The molecule has 0 spiro atoms. The Bertz CT molecular complexity index is 409. The molecule has 0 bridgehead atoms. The molecule has 0 aliphatic heterocycles. The quantitative estimate of drug-likeness (QED) is 0.644. The van der Waals surface area contributed by atoms with Crippen molar-refractivity contribution >= 4 is 5.97 Å². The van der Waals surface area contributed by atoms with Crippen molar-refractivity contribution in [3.63, 3.8) is 0 Å². The lowest BCUT2D eigenvalue weighted by atomic mass is 10.2. The smallest absolute Gasteiger partial charge is 0.322 e. The van der Waals surface area contributed by atoms with E-state index in [-0.39, 0.29) is 6.54 Å². The highest BCUT2D eigenvalue weighted by Crippen LogP contribution is 2.27. The van der Waals surface area contributed by atoms with Crippen LogP contribution >= 0.6 is 0 Å². The maximum atomic E-state index is 10.8. The molecule has 0 heterocycles. The van der Waals surface area contributed by atoms with Gasteiger partial charge in [0.2, 0.25) is 0 Å². The third-order valence-electron chi connectivity index (χ3n) is 2.53. The zero-order valence-electron chi connectivity index (χ0n) is 10.5. The van der Waals surface area contributed by atoms with Gasteiger partial charge in [0.05, 0.1) is 14.2 Å². The van der Waals surface area contributed by atoms with Crippen LogP contribution in [0.15, 0.2) is 18.2 Å². The van der Waals surface area contributed by atoms with Crippen LogP contribution in [0.4, 0.5) is 0 Å². The first-order valence-electron chi connectivity index (χ1n) is 5.49. The summed E-state index contributed by atoms with van der Waals surface area (Å²) in [7, 11) is 3.11. The highest BCUT2D eigenvalue weighted by atomic mass is 16.5. The molecule has 1 rings (SSSR count). The number of carboxylic acids is 1. The molecule has 1 aromatic rings. The summed E-state index contributed by atoms with van der Waals surface area (Å²) in [4.78, 5) is 10.8. The Hall–Kier alpha value is -1.79. The molecule has 0 aliphatic carbocycles. The van der Waals surface area contributed by atoms with E-state index in [1.165, 1.54) is 0 Å². The van der Waals surface area contributed by atoms with Crippen LogP contribution in [0.1, 0.15) is 5.56 Å². The highest BCUT2D eigenvalue weighted by molar-refractivity contribution is 5.73. The predicted molar refractivity (Wildman–Crippen MR) is 66.9 cm³/mol. The Morgan fingerprint density at radius 1 is 1.39 bits per heavy atom. The number of rotatable bonds is 7. The van der Waals surface area contributed by atoms with Gasteiger partial charge in [-0.1, -0.05) is 6.07 Å². The summed E-state index contributed by atoms with van der Waals surface area (Å²) >= 11 is 0. The lowest BCUT2D eigenvalue weighted by Gasteiger charge is -2.13. The van der Waals surface area contributed by atoms with Crippen LogP contribution in [0.5, 0.6) is 11.5 Å². The molecule has 1 atom stereocenters. The van der Waals surface area contributed by atoms with E-state index in [0.717, 1.165) is 5.56 Å². The number of nitrogens with one attached hydrogen (secondary N) is 1. The first-order chi connectivity index (χ1) is 8.62. The van der Waals surface area contributed by atoms with Gasteiger partial charge in [0.15, 0.2) is 11.5 Å². The summed E-state index contributed by atoms with van der Waals surface area (Å²) in [6.07, 6.45) is 0. The summed E-state index contributed by atoms with van der Waals surface area (Å²) in [5.41, 5.74) is 6.25. The third kappa shape index (κ3) is 3.61. The van der Waals surface area contributed by atoms with Crippen molar-refractivity contribution in [2.24, 2.45) is 5.73 Å². The lowest BCUT2D eigenvalue weighted by Crippen LogP contribution is -2.42. The Kier molecular flexibility index (Phi) is 5.41. The van der Waals surface area contributed by atoms with E-state index in [0.29, 0.717) is 18.0 Å². The fourth-order valence-electron chi connectivity index (χ4n) is 1.50. The number of carbonyl (C=O) groups is 1. The molecule has 6 nitrogen and oxygen atoms in total. The van der Waals surface area contributed by atoms with Gasteiger partial charge in [0, 0.05) is 13.1 Å². The van der Waals surface area contributed by atoms with Crippen LogP contribution in [0.25, 0.3) is 0 Å². The van der Waals surface area contributed by atoms with Crippen LogP contribution in [-0.2, 0) is 11.3 Å². The number of carboxylic acid groups (broad SMARTS) is 1. The molecule has 0 saturated carbocycles. The Labute approximate surface area is 106 Å². The third-order valence-corrected chi connectivity index (χ3v) is 2.53. The topological polar surface area (TPSA) is 93.8 Å². The molecular weight excluding hydrogens is 236 g/mol. The predicted octanol–water partition coefficient (Wildman–Crippen LogP) is 0.205. The molecule has 100 valence electrons. The van der Waals surface area contributed by atoms with Crippen LogP contribution in [-0.4, -0.2) is 37.9 Å². The minimum atomic E-state index is -0.960. The average Bonchev–Trinajstić information content (AvgIpc) is 2.38. The van der Waals surface area contributed by atoms with Crippen molar-refractivity contribution < 1.29 is 19.4 Å². The van der Waals surface area contributed by atoms with Crippen molar-refractivity contribution in [1.29, 1.82) is 0 Å². The van der Waals surface area contributed by atoms with E-state index < -0.39 is 12.0 Å². The van der Waals surface area contributed by atoms with Gasteiger partial charge in [-0.15, -0.1) is 0 Å². The van der Waals surface area contributed by atoms with E-state index in [2.05, 4.69) is 5.32 Å². The van der Waals surface area contributed by atoms with E-state index in [1.54, 1.807) is 26.4 Å². The summed E-state index contributed by atoms with van der Waals surface area (Å²) in [5.74, 6) is 0.282. The van der Waals surface area contributed by atoms with Gasteiger partial charge < -0.3 is 20.3 Å². The van der Waals surface area contributed by atoms with Crippen LogP contribution in [0.3, 0.4) is 0 Å². The second kappa shape index (κ2) is 6.83. The summed E-state index contributed by atoms with van der Waals surface area (Å²) in [6.45, 7) is 0.442. The zero-order valence-corrected chi connectivity index (χ0v) is 10.5. The Balaban J connectivity index is 2.70. The Morgan fingerprint density at radius 3 is 2.56 bits per heavy atom. The molecule has 0 aliphatic rings. The molecule has 0 fully saturated rings. The largest absolute Gasteiger partial charge is 0.493 e.